The van der Waals surface area contributed by atoms with Gasteiger partial charge in [0.05, 0.1) is 4.90 Å². The van der Waals surface area contributed by atoms with Gasteiger partial charge in [0.15, 0.2) is 5.09 Å². The van der Waals surface area contributed by atoms with E-state index < -0.39 is 17.6 Å². The van der Waals surface area contributed by atoms with Crippen LogP contribution in [-0.2, 0) is 0 Å². The predicted octanol–water partition coefficient (Wildman–Crippen LogP) is 3.41. The maximum Gasteiger partial charge on any atom is 0.371 e. The Bertz CT molecular complexity index is 566. The fraction of sp³-hybridized carbons (Fsp3) is 0. The first-order valence-corrected chi connectivity index (χ1v) is 5.34. The summed E-state index contributed by atoms with van der Waals surface area (Å²) in [6.45, 7) is 0. The molecule has 1 aromatic heterocycles. The molecule has 3 nitrogen and oxygen atoms in total. The summed E-state index contributed by atoms with van der Waals surface area (Å²) in [5.74, 6) is -2.62. The van der Waals surface area contributed by atoms with Crippen molar-refractivity contribution < 1.29 is 23.1 Å². The number of carbonyl (C=O) groups is 1. The number of carboxylic acids is 1. The number of carboxylic acid groups (broad SMARTS) is 1. The maximum absolute atomic E-state index is 13.3. The molecule has 0 unspecified atom stereocenters. The van der Waals surface area contributed by atoms with Crippen molar-refractivity contribution >= 4 is 17.7 Å². The van der Waals surface area contributed by atoms with Gasteiger partial charge in [-0.3, -0.25) is 0 Å². The van der Waals surface area contributed by atoms with Gasteiger partial charge >= 0.3 is 5.97 Å². The SMILES string of the molecule is O=C(O)c1ccc(Sc2cc(F)ccc2F)o1. The van der Waals surface area contributed by atoms with Crippen molar-refractivity contribution in [3.05, 3.63) is 47.7 Å². The molecule has 0 fully saturated rings. The van der Waals surface area contributed by atoms with Crippen LogP contribution in [0, 0.1) is 11.6 Å². The molecule has 1 heterocycles. The summed E-state index contributed by atoms with van der Waals surface area (Å²) in [6.07, 6.45) is 0. The van der Waals surface area contributed by atoms with E-state index in [9.17, 15) is 13.6 Å². The monoisotopic (exact) mass is 256 g/mol. The van der Waals surface area contributed by atoms with E-state index in [1.165, 1.54) is 12.1 Å². The molecule has 0 aliphatic rings. The zero-order chi connectivity index (χ0) is 12.4. The van der Waals surface area contributed by atoms with E-state index in [0.717, 1.165) is 30.0 Å². The molecule has 0 radical (unpaired) electrons. The Balaban J connectivity index is 2.25. The maximum atomic E-state index is 13.3. The zero-order valence-corrected chi connectivity index (χ0v) is 9.13. The molecular weight excluding hydrogens is 250 g/mol. The van der Waals surface area contributed by atoms with Crippen LogP contribution in [0.1, 0.15) is 10.6 Å². The molecule has 6 heteroatoms. The highest BCUT2D eigenvalue weighted by Gasteiger charge is 2.12. The van der Waals surface area contributed by atoms with Crippen LogP contribution in [0.15, 0.2) is 44.7 Å². The summed E-state index contributed by atoms with van der Waals surface area (Å²) in [5, 5.41) is 8.81. The van der Waals surface area contributed by atoms with E-state index in [1.54, 1.807) is 0 Å². The molecule has 2 rings (SSSR count). The predicted molar refractivity (Wildman–Crippen MR) is 56.1 cm³/mol. The second kappa shape index (κ2) is 4.58. The summed E-state index contributed by atoms with van der Waals surface area (Å²) < 4.78 is 31.1. The van der Waals surface area contributed by atoms with E-state index in [4.69, 9.17) is 9.52 Å². The van der Waals surface area contributed by atoms with Crippen LogP contribution in [0.4, 0.5) is 8.78 Å². The lowest BCUT2D eigenvalue weighted by Crippen LogP contribution is -1.91. The molecule has 1 N–H and O–H groups in total. The Morgan fingerprint density at radius 3 is 2.65 bits per heavy atom. The minimum absolute atomic E-state index is 0.0382. The number of rotatable bonds is 3. The van der Waals surface area contributed by atoms with Crippen molar-refractivity contribution in [2.75, 3.05) is 0 Å². The van der Waals surface area contributed by atoms with Crippen molar-refractivity contribution in [2.24, 2.45) is 0 Å². The lowest BCUT2D eigenvalue weighted by molar-refractivity contribution is 0.0656. The molecule has 0 saturated carbocycles. The molecule has 0 aliphatic heterocycles. The van der Waals surface area contributed by atoms with E-state index in [-0.39, 0.29) is 15.7 Å². The van der Waals surface area contributed by atoms with Crippen LogP contribution in [0.3, 0.4) is 0 Å². The van der Waals surface area contributed by atoms with Crippen molar-refractivity contribution in [1.29, 1.82) is 0 Å². The van der Waals surface area contributed by atoms with Gasteiger partial charge in [0.2, 0.25) is 5.76 Å². The second-order valence-electron chi connectivity index (χ2n) is 3.10. The highest BCUT2D eigenvalue weighted by Crippen LogP contribution is 2.31. The molecule has 1 aromatic carbocycles. The molecule has 0 atom stereocenters. The first kappa shape index (κ1) is 11.7. The third-order valence-electron chi connectivity index (χ3n) is 1.90. The second-order valence-corrected chi connectivity index (χ2v) is 4.15. The quantitative estimate of drug-likeness (QED) is 0.914. The highest BCUT2D eigenvalue weighted by atomic mass is 32.2. The van der Waals surface area contributed by atoms with Gasteiger partial charge in [-0.15, -0.1) is 0 Å². The van der Waals surface area contributed by atoms with Gasteiger partial charge < -0.3 is 9.52 Å². The molecule has 0 amide bonds. The van der Waals surface area contributed by atoms with Crippen molar-refractivity contribution in [2.45, 2.75) is 9.99 Å². The fourth-order valence-corrected chi connectivity index (χ4v) is 1.98. The molecule has 88 valence electrons. The van der Waals surface area contributed by atoms with Crippen LogP contribution in [-0.4, -0.2) is 11.1 Å². The number of hydrogen-bond donors (Lipinski definition) is 1. The van der Waals surface area contributed by atoms with Crippen LogP contribution in [0.5, 0.6) is 0 Å². The Labute approximate surface area is 99.1 Å². The van der Waals surface area contributed by atoms with E-state index in [1.807, 2.05) is 0 Å². The molecule has 0 bridgehead atoms. The third kappa shape index (κ3) is 2.65. The Morgan fingerprint density at radius 1 is 1.24 bits per heavy atom. The van der Waals surface area contributed by atoms with Crippen LogP contribution in [0.25, 0.3) is 0 Å². The number of hydrogen-bond acceptors (Lipinski definition) is 3. The van der Waals surface area contributed by atoms with E-state index in [0.29, 0.717) is 0 Å². The first-order valence-electron chi connectivity index (χ1n) is 4.52. The largest absolute Gasteiger partial charge is 0.475 e. The van der Waals surface area contributed by atoms with Gasteiger partial charge in [0.25, 0.3) is 0 Å². The Kier molecular flexibility index (Phi) is 3.14. The molecular formula is C11H6F2O3S. The van der Waals surface area contributed by atoms with Gasteiger partial charge in [-0.25, -0.2) is 13.6 Å². The van der Waals surface area contributed by atoms with Gasteiger partial charge in [-0.05, 0) is 42.1 Å². The summed E-state index contributed by atoms with van der Waals surface area (Å²) >= 11 is 0.822. The van der Waals surface area contributed by atoms with Crippen molar-refractivity contribution in [3.8, 4) is 0 Å². The van der Waals surface area contributed by atoms with Gasteiger partial charge in [0, 0.05) is 0 Å². The van der Waals surface area contributed by atoms with Gasteiger partial charge in [-0.2, -0.15) is 0 Å². The van der Waals surface area contributed by atoms with Crippen molar-refractivity contribution in [3.63, 3.8) is 0 Å². The Hall–Kier alpha value is -1.82. The summed E-state index contributed by atoms with van der Waals surface area (Å²) in [6, 6.07) is 5.66. The average Bonchev–Trinajstić information content (AvgIpc) is 2.72. The van der Waals surface area contributed by atoms with Crippen LogP contribution in [0.2, 0.25) is 0 Å². The minimum Gasteiger partial charge on any atom is -0.475 e. The summed E-state index contributed by atoms with van der Waals surface area (Å²) in [7, 11) is 0. The standard InChI is InChI=1S/C11H6F2O3S/c12-6-1-2-7(13)9(5-6)17-10-4-3-8(16-10)11(14)15/h1-5H,(H,14,15). The van der Waals surface area contributed by atoms with Crippen LogP contribution >= 0.6 is 11.8 Å². The third-order valence-corrected chi connectivity index (χ3v) is 2.85. The lowest BCUT2D eigenvalue weighted by atomic mass is 10.3. The zero-order valence-electron chi connectivity index (χ0n) is 8.31. The summed E-state index contributed by atoms with van der Waals surface area (Å²) in [5.41, 5.74) is 0. The molecule has 0 aliphatic carbocycles. The highest BCUT2D eigenvalue weighted by molar-refractivity contribution is 7.99. The van der Waals surface area contributed by atoms with Gasteiger partial charge in [-0.1, -0.05) is 0 Å². The Morgan fingerprint density at radius 2 is 2.00 bits per heavy atom. The normalized spacial score (nSPS) is 10.5. The van der Waals surface area contributed by atoms with E-state index >= 15 is 0 Å². The van der Waals surface area contributed by atoms with Gasteiger partial charge in [0.1, 0.15) is 11.6 Å². The number of aromatic carboxylic acids is 1. The number of furan rings is 1. The molecule has 0 spiro atoms. The number of halogens is 2. The molecule has 2 aromatic rings. The summed E-state index contributed by atoms with van der Waals surface area (Å²) in [4.78, 5) is 10.6. The lowest BCUT2D eigenvalue weighted by Gasteiger charge is -1.99. The van der Waals surface area contributed by atoms with Crippen molar-refractivity contribution in [1.82, 2.24) is 0 Å². The van der Waals surface area contributed by atoms with E-state index in [2.05, 4.69) is 0 Å². The smallest absolute Gasteiger partial charge is 0.371 e. The first-order chi connectivity index (χ1) is 8.06. The minimum atomic E-state index is -1.21. The fourth-order valence-electron chi connectivity index (χ4n) is 1.15. The molecule has 0 saturated heterocycles. The number of benzene rings is 1. The van der Waals surface area contributed by atoms with Crippen LogP contribution < -0.4 is 0 Å². The average molecular weight is 256 g/mol. The topological polar surface area (TPSA) is 50.4 Å². The molecule has 17 heavy (non-hydrogen) atoms.